The minimum Gasteiger partial charge on any atom is -0.349 e. The summed E-state index contributed by atoms with van der Waals surface area (Å²) in [6.45, 7) is 3.15. The van der Waals surface area contributed by atoms with E-state index in [9.17, 15) is 13.6 Å². The summed E-state index contributed by atoms with van der Waals surface area (Å²) in [6.07, 6.45) is 4.08. The fourth-order valence-electron chi connectivity index (χ4n) is 4.03. The van der Waals surface area contributed by atoms with Crippen molar-refractivity contribution in [2.45, 2.75) is 38.6 Å². The number of benzene rings is 1. The van der Waals surface area contributed by atoms with Crippen molar-refractivity contribution < 1.29 is 13.6 Å². The number of rotatable bonds is 3. The zero-order valence-corrected chi connectivity index (χ0v) is 14.0. The largest absolute Gasteiger partial charge is 0.349 e. The van der Waals surface area contributed by atoms with Gasteiger partial charge in [-0.3, -0.25) is 4.79 Å². The summed E-state index contributed by atoms with van der Waals surface area (Å²) in [4.78, 5) is 12.8. The zero-order valence-electron chi connectivity index (χ0n) is 13.2. The SMILES string of the molecule is CC(NC(=O)[C@@]12CCCC[C@H]1CNC2)c1c(F)cccc1F.Cl. The van der Waals surface area contributed by atoms with Gasteiger partial charge >= 0.3 is 0 Å². The maximum atomic E-state index is 13.9. The highest BCUT2D eigenvalue weighted by Crippen LogP contribution is 2.44. The van der Waals surface area contributed by atoms with E-state index in [2.05, 4.69) is 10.6 Å². The molecule has 2 aliphatic rings. The van der Waals surface area contributed by atoms with E-state index in [4.69, 9.17) is 0 Å². The van der Waals surface area contributed by atoms with Crippen LogP contribution in [0.5, 0.6) is 0 Å². The lowest BCUT2D eigenvalue weighted by Gasteiger charge is -2.38. The van der Waals surface area contributed by atoms with Gasteiger partial charge in [0.25, 0.3) is 0 Å². The first-order valence-corrected chi connectivity index (χ1v) is 8.00. The summed E-state index contributed by atoms with van der Waals surface area (Å²) in [7, 11) is 0. The molecule has 1 amide bonds. The summed E-state index contributed by atoms with van der Waals surface area (Å²) in [5, 5.41) is 6.16. The molecular weight excluding hydrogens is 322 g/mol. The smallest absolute Gasteiger partial charge is 0.228 e. The number of carbonyl (C=O) groups excluding carboxylic acids is 1. The molecule has 0 radical (unpaired) electrons. The molecule has 2 fully saturated rings. The molecule has 1 aromatic rings. The van der Waals surface area contributed by atoms with Gasteiger partial charge in [0.05, 0.1) is 11.5 Å². The molecule has 0 bridgehead atoms. The molecule has 1 aromatic carbocycles. The van der Waals surface area contributed by atoms with Crippen molar-refractivity contribution in [3.05, 3.63) is 35.4 Å². The van der Waals surface area contributed by atoms with Crippen LogP contribution in [0.2, 0.25) is 0 Å². The van der Waals surface area contributed by atoms with E-state index in [0.29, 0.717) is 12.5 Å². The molecule has 1 saturated heterocycles. The van der Waals surface area contributed by atoms with Gasteiger partial charge in [0.2, 0.25) is 5.91 Å². The highest BCUT2D eigenvalue weighted by atomic mass is 35.5. The van der Waals surface area contributed by atoms with Gasteiger partial charge in [0.15, 0.2) is 0 Å². The molecule has 0 aromatic heterocycles. The first kappa shape index (κ1) is 18.1. The molecule has 0 spiro atoms. The molecule has 1 aliphatic heterocycles. The Morgan fingerprint density at radius 3 is 2.74 bits per heavy atom. The molecule has 3 rings (SSSR count). The van der Waals surface area contributed by atoms with Gasteiger partial charge < -0.3 is 10.6 Å². The molecule has 1 heterocycles. The molecule has 1 saturated carbocycles. The number of amides is 1. The highest BCUT2D eigenvalue weighted by molar-refractivity contribution is 5.85. The maximum Gasteiger partial charge on any atom is 0.228 e. The lowest BCUT2D eigenvalue weighted by Crippen LogP contribution is -2.48. The molecule has 6 heteroatoms. The van der Waals surface area contributed by atoms with Crippen LogP contribution >= 0.6 is 12.4 Å². The van der Waals surface area contributed by atoms with Crippen molar-refractivity contribution in [3.8, 4) is 0 Å². The van der Waals surface area contributed by atoms with Crippen molar-refractivity contribution >= 4 is 18.3 Å². The van der Waals surface area contributed by atoms with Crippen LogP contribution in [0.4, 0.5) is 8.78 Å². The maximum absolute atomic E-state index is 13.9. The molecule has 3 nitrogen and oxygen atoms in total. The van der Waals surface area contributed by atoms with Crippen molar-refractivity contribution in [1.82, 2.24) is 10.6 Å². The van der Waals surface area contributed by atoms with E-state index < -0.39 is 23.1 Å². The fourth-order valence-corrected chi connectivity index (χ4v) is 4.03. The van der Waals surface area contributed by atoms with Crippen molar-refractivity contribution in [2.24, 2.45) is 11.3 Å². The van der Waals surface area contributed by atoms with Crippen LogP contribution in [0.25, 0.3) is 0 Å². The third-order valence-corrected chi connectivity index (χ3v) is 5.27. The molecule has 128 valence electrons. The second-order valence-electron chi connectivity index (χ2n) is 6.56. The van der Waals surface area contributed by atoms with E-state index in [0.717, 1.165) is 32.2 Å². The Morgan fingerprint density at radius 2 is 2.04 bits per heavy atom. The average Bonchev–Trinajstić information content (AvgIpc) is 2.92. The molecule has 2 N–H and O–H groups in total. The minimum absolute atomic E-state index is 0. The van der Waals surface area contributed by atoms with Crippen LogP contribution in [-0.2, 0) is 4.79 Å². The number of hydrogen-bond donors (Lipinski definition) is 2. The number of halogens is 3. The van der Waals surface area contributed by atoms with E-state index in [-0.39, 0.29) is 23.9 Å². The first-order chi connectivity index (χ1) is 10.5. The van der Waals surface area contributed by atoms with E-state index in [1.807, 2.05) is 0 Å². The quantitative estimate of drug-likeness (QED) is 0.883. The molecule has 3 atom stereocenters. The monoisotopic (exact) mass is 344 g/mol. The molecule has 1 unspecified atom stereocenters. The normalized spacial score (nSPS) is 27.7. The van der Waals surface area contributed by atoms with Gasteiger partial charge in [-0.25, -0.2) is 8.78 Å². The summed E-state index contributed by atoms with van der Waals surface area (Å²) >= 11 is 0. The lowest BCUT2D eigenvalue weighted by atomic mass is 9.67. The van der Waals surface area contributed by atoms with Crippen LogP contribution < -0.4 is 10.6 Å². The fraction of sp³-hybridized carbons (Fsp3) is 0.588. The third-order valence-electron chi connectivity index (χ3n) is 5.27. The van der Waals surface area contributed by atoms with Crippen LogP contribution in [0, 0.1) is 23.0 Å². The van der Waals surface area contributed by atoms with Gasteiger partial charge in [-0.1, -0.05) is 18.9 Å². The summed E-state index contributed by atoms with van der Waals surface area (Å²) < 4.78 is 27.7. The standard InChI is InChI=1S/C17H22F2N2O.ClH/c1-11(15-13(18)6-4-7-14(15)19)21-16(22)17-8-3-2-5-12(17)9-20-10-17;/h4,6-7,11-12,20H,2-3,5,8-10H2,1H3,(H,21,22);1H/t11?,12-,17+;/m0./s1. The van der Waals surface area contributed by atoms with Crippen molar-refractivity contribution in [2.75, 3.05) is 13.1 Å². The van der Waals surface area contributed by atoms with Crippen LogP contribution in [0.15, 0.2) is 18.2 Å². The first-order valence-electron chi connectivity index (χ1n) is 8.00. The zero-order chi connectivity index (χ0) is 15.7. The topological polar surface area (TPSA) is 41.1 Å². The number of nitrogens with one attached hydrogen (secondary N) is 2. The third kappa shape index (κ3) is 3.22. The van der Waals surface area contributed by atoms with Crippen molar-refractivity contribution in [1.29, 1.82) is 0 Å². The van der Waals surface area contributed by atoms with Gasteiger partial charge in [0, 0.05) is 12.1 Å². The Bertz CT molecular complexity index is 563. The molecule has 1 aliphatic carbocycles. The Hall–Kier alpha value is -1.20. The van der Waals surface area contributed by atoms with Crippen molar-refractivity contribution in [3.63, 3.8) is 0 Å². The van der Waals surface area contributed by atoms with E-state index in [1.165, 1.54) is 18.2 Å². The average molecular weight is 345 g/mol. The second-order valence-corrected chi connectivity index (χ2v) is 6.56. The van der Waals surface area contributed by atoms with Gasteiger partial charge in [-0.15, -0.1) is 12.4 Å². The Labute approximate surface area is 141 Å². The highest BCUT2D eigenvalue weighted by Gasteiger charge is 2.50. The van der Waals surface area contributed by atoms with Crippen LogP contribution in [-0.4, -0.2) is 19.0 Å². The Morgan fingerprint density at radius 1 is 1.35 bits per heavy atom. The lowest BCUT2D eigenvalue weighted by molar-refractivity contribution is -0.134. The van der Waals surface area contributed by atoms with Crippen LogP contribution in [0.1, 0.15) is 44.2 Å². The molecular formula is C17H23ClF2N2O. The molecule has 23 heavy (non-hydrogen) atoms. The Kier molecular flexibility index (Phi) is 5.63. The predicted octanol–water partition coefficient (Wildman–Crippen LogP) is 3.34. The van der Waals surface area contributed by atoms with Gasteiger partial charge in [-0.05, 0) is 44.4 Å². The van der Waals surface area contributed by atoms with Gasteiger partial charge in [-0.2, -0.15) is 0 Å². The summed E-state index contributed by atoms with van der Waals surface area (Å²) in [5.41, 5.74) is -0.473. The minimum atomic E-state index is -0.675. The summed E-state index contributed by atoms with van der Waals surface area (Å²) in [5.74, 6) is -0.971. The van der Waals surface area contributed by atoms with Crippen LogP contribution in [0.3, 0.4) is 0 Å². The number of carbonyl (C=O) groups is 1. The Balaban J connectivity index is 0.00000192. The van der Waals surface area contributed by atoms with E-state index >= 15 is 0 Å². The number of hydrogen-bond acceptors (Lipinski definition) is 2. The second kappa shape index (κ2) is 7.14. The predicted molar refractivity (Wildman–Crippen MR) is 87.4 cm³/mol. The van der Waals surface area contributed by atoms with E-state index in [1.54, 1.807) is 6.92 Å². The van der Waals surface area contributed by atoms with Gasteiger partial charge in [0.1, 0.15) is 11.6 Å². The summed E-state index contributed by atoms with van der Waals surface area (Å²) in [6, 6.07) is 3.10. The number of fused-ring (bicyclic) bond motifs is 1.